The summed E-state index contributed by atoms with van der Waals surface area (Å²) < 4.78 is 1.84. The molecule has 19 heavy (non-hydrogen) atoms. The van der Waals surface area contributed by atoms with E-state index in [0.717, 1.165) is 25.5 Å². The molecule has 2 heterocycles. The third-order valence-corrected chi connectivity index (χ3v) is 3.74. The molecule has 0 amide bonds. The number of hydrogen-bond donors (Lipinski definition) is 2. The third kappa shape index (κ3) is 3.12. The molecule has 0 unspecified atom stereocenters. The van der Waals surface area contributed by atoms with Gasteiger partial charge in [0.2, 0.25) is 0 Å². The highest BCUT2D eigenvalue weighted by Crippen LogP contribution is 2.32. The number of rotatable bonds is 5. The molecular formula is C13H22N4O2. The number of carboxylic acids is 1. The zero-order valence-electron chi connectivity index (χ0n) is 11.6. The van der Waals surface area contributed by atoms with Crippen molar-refractivity contribution in [3.05, 3.63) is 12.2 Å². The lowest BCUT2D eigenvalue weighted by molar-refractivity contribution is -0.150. The Morgan fingerprint density at radius 3 is 2.79 bits per heavy atom. The van der Waals surface area contributed by atoms with Crippen molar-refractivity contribution in [2.75, 3.05) is 13.1 Å². The molecule has 0 bridgehead atoms. The van der Waals surface area contributed by atoms with Crippen LogP contribution in [0.15, 0.2) is 6.33 Å². The highest BCUT2D eigenvalue weighted by molar-refractivity contribution is 5.75. The van der Waals surface area contributed by atoms with E-state index in [1.54, 1.807) is 0 Å². The van der Waals surface area contributed by atoms with Crippen molar-refractivity contribution in [1.29, 1.82) is 0 Å². The quantitative estimate of drug-likeness (QED) is 0.828. The summed E-state index contributed by atoms with van der Waals surface area (Å²) in [6.45, 7) is 6.52. The summed E-state index contributed by atoms with van der Waals surface area (Å²) in [5.41, 5.74) is -0.687. The third-order valence-electron chi connectivity index (χ3n) is 3.74. The molecule has 2 rings (SSSR count). The molecule has 1 aliphatic heterocycles. The zero-order chi connectivity index (χ0) is 13.9. The topological polar surface area (TPSA) is 80.0 Å². The Morgan fingerprint density at radius 1 is 1.53 bits per heavy atom. The van der Waals surface area contributed by atoms with Gasteiger partial charge in [0.05, 0.1) is 5.41 Å². The van der Waals surface area contributed by atoms with Gasteiger partial charge in [-0.15, -0.1) is 0 Å². The predicted molar refractivity (Wildman–Crippen MR) is 70.7 cm³/mol. The minimum Gasteiger partial charge on any atom is -0.481 e. The molecule has 1 aliphatic rings. The van der Waals surface area contributed by atoms with Gasteiger partial charge in [-0.25, -0.2) is 9.67 Å². The Morgan fingerprint density at radius 2 is 2.21 bits per heavy atom. The van der Waals surface area contributed by atoms with E-state index in [9.17, 15) is 9.90 Å². The molecule has 1 aromatic heterocycles. The molecular weight excluding hydrogens is 244 g/mol. The summed E-state index contributed by atoms with van der Waals surface area (Å²) in [4.78, 5) is 15.9. The molecule has 0 aromatic carbocycles. The lowest BCUT2D eigenvalue weighted by Crippen LogP contribution is -2.44. The first-order valence-corrected chi connectivity index (χ1v) is 6.84. The molecule has 0 aliphatic carbocycles. The molecule has 0 radical (unpaired) electrons. The Hall–Kier alpha value is -1.43. The van der Waals surface area contributed by atoms with Crippen LogP contribution >= 0.6 is 0 Å². The van der Waals surface area contributed by atoms with Crippen molar-refractivity contribution in [3.63, 3.8) is 0 Å². The highest BCUT2D eigenvalue weighted by atomic mass is 16.4. The second kappa shape index (κ2) is 5.69. The van der Waals surface area contributed by atoms with Crippen LogP contribution in [0.4, 0.5) is 0 Å². The number of hydrogen-bond acceptors (Lipinski definition) is 4. The van der Waals surface area contributed by atoms with Crippen LogP contribution in [0.1, 0.15) is 32.5 Å². The number of aromatic nitrogens is 3. The maximum atomic E-state index is 11.7. The number of carboxylic acid groups (broad SMARTS) is 1. The summed E-state index contributed by atoms with van der Waals surface area (Å²) in [7, 11) is 0. The molecule has 6 nitrogen and oxygen atoms in total. The second-order valence-electron chi connectivity index (χ2n) is 5.76. The average molecular weight is 266 g/mol. The monoisotopic (exact) mass is 266 g/mol. The number of carbonyl (C=O) groups is 1. The minimum absolute atomic E-state index is 0.467. The van der Waals surface area contributed by atoms with Gasteiger partial charge in [-0.05, 0) is 31.8 Å². The van der Waals surface area contributed by atoms with Crippen molar-refractivity contribution < 1.29 is 9.90 Å². The highest BCUT2D eigenvalue weighted by Gasteiger charge is 2.40. The predicted octanol–water partition coefficient (Wildman–Crippen LogP) is 0.931. The van der Waals surface area contributed by atoms with Gasteiger partial charge in [-0.3, -0.25) is 4.79 Å². The summed E-state index contributed by atoms with van der Waals surface area (Å²) in [5, 5.41) is 17.0. The summed E-state index contributed by atoms with van der Waals surface area (Å²) in [6, 6.07) is 0. The van der Waals surface area contributed by atoms with E-state index in [1.807, 2.05) is 4.68 Å². The fourth-order valence-corrected chi connectivity index (χ4v) is 2.60. The van der Waals surface area contributed by atoms with Crippen LogP contribution in [0.3, 0.4) is 0 Å². The van der Waals surface area contributed by atoms with Gasteiger partial charge in [-0.2, -0.15) is 5.10 Å². The van der Waals surface area contributed by atoms with Crippen LogP contribution in [0.5, 0.6) is 0 Å². The van der Waals surface area contributed by atoms with Gasteiger partial charge in [-0.1, -0.05) is 13.8 Å². The Balaban J connectivity index is 2.17. The molecule has 1 fully saturated rings. The van der Waals surface area contributed by atoms with Crippen molar-refractivity contribution in [2.45, 2.75) is 39.7 Å². The standard InChI is InChI=1S/C13H22N4O2/c1-10(2)8-17-11(15-9-16-17)7-13(12(18)19)3-5-14-6-4-13/h9-10,14H,3-8H2,1-2H3,(H,18,19). The van der Waals surface area contributed by atoms with E-state index in [0.29, 0.717) is 25.2 Å². The Labute approximate surface area is 113 Å². The van der Waals surface area contributed by atoms with E-state index < -0.39 is 11.4 Å². The van der Waals surface area contributed by atoms with Crippen molar-refractivity contribution in [2.24, 2.45) is 11.3 Å². The number of nitrogens with one attached hydrogen (secondary N) is 1. The molecule has 0 atom stereocenters. The van der Waals surface area contributed by atoms with E-state index in [-0.39, 0.29) is 0 Å². The zero-order valence-corrected chi connectivity index (χ0v) is 11.6. The molecule has 106 valence electrons. The smallest absolute Gasteiger partial charge is 0.310 e. The largest absolute Gasteiger partial charge is 0.481 e. The normalized spacial score (nSPS) is 18.7. The van der Waals surface area contributed by atoms with Gasteiger partial charge >= 0.3 is 5.97 Å². The summed E-state index contributed by atoms with van der Waals surface area (Å²) >= 11 is 0. The van der Waals surface area contributed by atoms with Crippen LogP contribution in [0, 0.1) is 11.3 Å². The van der Waals surface area contributed by atoms with Crippen LogP contribution in [0.25, 0.3) is 0 Å². The minimum atomic E-state index is -0.715. The fourth-order valence-electron chi connectivity index (χ4n) is 2.60. The van der Waals surface area contributed by atoms with Crippen LogP contribution in [-0.2, 0) is 17.8 Å². The average Bonchev–Trinajstić information content (AvgIpc) is 2.76. The lowest BCUT2D eigenvalue weighted by Gasteiger charge is -2.33. The molecule has 2 N–H and O–H groups in total. The van der Waals surface area contributed by atoms with Gasteiger partial charge in [0, 0.05) is 13.0 Å². The molecule has 0 saturated carbocycles. The Bertz CT molecular complexity index is 436. The van der Waals surface area contributed by atoms with Crippen LogP contribution < -0.4 is 5.32 Å². The lowest BCUT2D eigenvalue weighted by atomic mass is 9.76. The number of nitrogens with zero attached hydrogens (tertiary/aromatic N) is 3. The van der Waals surface area contributed by atoms with Crippen molar-refractivity contribution >= 4 is 5.97 Å². The molecule has 1 saturated heterocycles. The molecule has 0 spiro atoms. The van der Waals surface area contributed by atoms with Gasteiger partial charge in [0.15, 0.2) is 0 Å². The molecule has 6 heteroatoms. The van der Waals surface area contributed by atoms with Crippen LogP contribution in [-0.4, -0.2) is 38.9 Å². The van der Waals surface area contributed by atoms with Crippen LogP contribution in [0.2, 0.25) is 0 Å². The first-order chi connectivity index (χ1) is 9.03. The maximum Gasteiger partial charge on any atom is 0.310 e. The van der Waals surface area contributed by atoms with Crippen molar-refractivity contribution in [1.82, 2.24) is 20.1 Å². The Kier molecular flexibility index (Phi) is 4.19. The SMILES string of the molecule is CC(C)Cn1ncnc1CC1(C(=O)O)CCNCC1. The van der Waals surface area contributed by atoms with E-state index in [2.05, 4.69) is 29.2 Å². The first-order valence-electron chi connectivity index (χ1n) is 6.84. The molecule has 1 aromatic rings. The maximum absolute atomic E-state index is 11.7. The van der Waals surface area contributed by atoms with Gasteiger partial charge in [0.25, 0.3) is 0 Å². The number of aliphatic carboxylic acids is 1. The van der Waals surface area contributed by atoms with Crippen molar-refractivity contribution in [3.8, 4) is 0 Å². The van der Waals surface area contributed by atoms with E-state index in [1.165, 1.54) is 6.33 Å². The second-order valence-corrected chi connectivity index (χ2v) is 5.76. The van der Waals surface area contributed by atoms with E-state index >= 15 is 0 Å². The summed E-state index contributed by atoms with van der Waals surface area (Å²) in [6.07, 6.45) is 3.29. The van der Waals surface area contributed by atoms with Gasteiger partial charge in [0.1, 0.15) is 12.2 Å². The fraction of sp³-hybridized carbons (Fsp3) is 0.769. The number of piperidine rings is 1. The first kappa shape index (κ1) is 14.0. The van der Waals surface area contributed by atoms with Gasteiger partial charge < -0.3 is 10.4 Å². The van der Waals surface area contributed by atoms with E-state index in [4.69, 9.17) is 0 Å². The summed E-state index contributed by atoms with van der Waals surface area (Å²) in [5.74, 6) is 0.542.